The minimum atomic E-state index is -0.234. The van der Waals surface area contributed by atoms with Crippen LogP contribution in [0.5, 0.6) is 0 Å². The maximum atomic E-state index is 12.3. The van der Waals surface area contributed by atoms with Gasteiger partial charge in [0.05, 0.1) is 18.4 Å². The maximum Gasteiger partial charge on any atom is 0.255 e. The van der Waals surface area contributed by atoms with E-state index in [0.29, 0.717) is 42.2 Å². The number of rotatable bonds is 7. The van der Waals surface area contributed by atoms with Gasteiger partial charge in [-0.25, -0.2) is 9.97 Å². The zero-order valence-corrected chi connectivity index (χ0v) is 15.5. The third-order valence-electron chi connectivity index (χ3n) is 4.60. The van der Waals surface area contributed by atoms with Crippen molar-refractivity contribution in [1.82, 2.24) is 25.2 Å². The lowest BCUT2D eigenvalue weighted by Gasteiger charge is -2.19. The second kappa shape index (κ2) is 8.17. The molecular formula is C18H24N6O3. The fourth-order valence-electron chi connectivity index (χ4n) is 3.26. The molecule has 0 saturated carbocycles. The molecule has 3 N–H and O–H groups in total. The summed E-state index contributed by atoms with van der Waals surface area (Å²) in [6.07, 6.45) is 5.35. The largest absolute Gasteiger partial charge is 0.383 e. The molecule has 1 aliphatic heterocycles. The van der Waals surface area contributed by atoms with E-state index in [9.17, 15) is 9.59 Å². The second-order valence-electron chi connectivity index (χ2n) is 6.52. The van der Waals surface area contributed by atoms with E-state index in [0.717, 1.165) is 6.42 Å². The first-order valence-corrected chi connectivity index (χ1v) is 8.84. The third-order valence-corrected chi connectivity index (χ3v) is 4.60. The van der Waals surface area contributed by atoms with Crippen molar-refractivity contribution in [3.63, 3.8) is 0 Å². The lowest BCUT2D eigenvalue weighted by atomic mass is 10.2. The number of nitrogens with zero attached hydrogens (tertiary/aromatic N) is 3. The Labute approximate surface area is 157 Å². The number of amides is 2. The highest BCUT2D eigenvalue weighted by Gasteiger charge is 2.31. The first-order chi connectivity index (χ1) is 13.0. The molecule has 2 atom stereocenters. The number of hydrogen-bond acceptors (Lipinski definition) is 6. The summed E-state index contributed by atoms with van der Waals surface area (Å²) < 4.78 is 4.94. The van der Waals surface area contributed by atoms with Gasteiger partial charge in [-0.2, -0.15) is 0 Å². The van der Waals surface area contributed by atoms with Crippen LogP contribution >= 0.6 is 0 Å². The standard InChI is InChI=1S/C18H24N6O3/c1-4-15(25)24-10-12(7-11(24)2)22-14-9-21-17-16(23-14)13(8-20-17)18(26)19-5-6-27-3/h4,8-9,11-12H,1,5-7,10H2,2-3H3,(H,19,26)(H,20,21)(H,22,23)/t11-,12-/m1/s1. The predicted octanol–water partition coefficient (Wildman–Crippen LogP) is 0.921. The van der Waals surface area contributed by atoms with Crippen molar-refractivity contribution in [3.8, 4) is 0 Å². The fourth-order valence-corrected chi connectivity index (χ4v) is 3.26. The van der Waals surface area contributed by atoms with Gasteiger partial charge in [-0.3, -0.25) is 9.59 Å². The quantitative estimate of drug-likeness (QED) is 0.492. The monoisotopic (exact) mass is 372 g/mol. The number of H-pyrrole nitrogens is 1. The molecule has 27 heavy (non-hydrogen) atoms. The number of fused-ring (bicyclic) bond motifs is 1. The van der Waals surface area contributed by atoms with Gasteiger partial charge in [0.2, 0.25) is 5.91 Å². The van der Waals surface area contributed by atoms with Crippen LogP contribution in [0, 0.1) is 0 Å². The normalized spacial score (nSPS) is 19.3. The first kappa shape index (κ1) is 18.8. The molecular weight excluding hydrogens is 348 g/mol. The number of aromatic amines is 1. The van der Waals surface area contributed by atoms with Crippen molar-refractivity contribution in [2.45, 2.75) is 25.4 Å². The molecule has 0 aliphatic carbocycles. The molecule has 0 bridgehead atoms. The molecule has 1 saturated heterocycles. The molecule has 0 radical (unpaired) electrons. The highest BCUT2D eigenvalue weighted by molar-refractivity contribution is 6.04. The number of ether oxygens (including phenoxy) is 1. The number of likely N-dealkylation sites (tertiary alicyclic amines) is 1. The Morgan fingerprint density at radius 3 is 3.07 bits per heavy atom. The lowest BCUT2D eigenvalue weighted by molar-refractivity contribution is -0.126. The van der Waals surface area contributed by atoms with Crippen molar-refractivity contribution in [2.24, 2.45) is 0 Å². The molecule has 9 nitrogen and oxygen atoms in total. The van der Waals surface area contributed by atoms with Crippen LogP contribution in [0.3, 0.4) is 0 Å². The van der Waals surface area contributed by atoms with E-state index in [2.05, 4.69) is 32.2 Å². The summed E-state index contributed by atoms with van der Waals surface area (Å²) in [7, 11) is 1.58. The summed E-state index contributed by atoms with van der Waals surface area (Å²) in [4.78, 5) is 37.8. The number of anilines is 1. The highest BCUT2D eigenvalue weighted by Crippen LogP contribution is 2.22. The number of carbonyl (C=O) groups excluding carboxylic acids is 2. The number of hydrogen-bond donors (Lipinski definition) is 3. The predicted molar refractivity (Wildman–Crippen MR) is 101 cm³/mol. The Kier molecular flexibility index (Phi) is 5.70. The van der Waals surface area contributed by atoms with E-state index < -0.39 is 0 Å². The molecule has 3 heterocycles. The van der Waals surface area contributed by atoms with Crippen LogP contribution in [0.2, 0.25) is 0 Å². The van der Waals surface area contributed by atoms with Crippen molar-refractivity contribution >= 4 is 28.8 Å². The second-order valence-corrected chi connectivity index (χ2v) is 6.52. The third kappa shape index (κ3) is 4.08. The van der Waals surface area contributed by atoms with Gasteiger partial charge in [-0.05, 0) is 19.4 Å². The van der Waals surface area contributed by atoms with Crippen molar-refractivity contribution in [2.75, 3.05) is 32.1 Å². The fraction of sp³-hybridized carbons (Fsp3) is 0.444. The van der Waals surface area contributed by atoms with E-state index in [-0.39, 0.29) is 23.9 Å². The van der Waals surface area contributed by atoms with Gasteiger partial charge in [0.15, 0.2) is 5.65 Å². The topological polar surface area (TPSA) is 112 Å². The molecule has 9 heteroatoms. The maximum absolute atomic E-state index is 12.3. The van der Waals surface area contributed by atoms with E-state index in [4.69, 9.17) is 4.74 Å². The number of carbonyl (C=O) groups is 2. The zero-order chi connectivity index (χ0) is 19.4. The summed E-state index contributed by atoms with van der Waals surface area (Å²) in [6.45, 7) is 6.98. The molecule has 3 rings (SSSR count). The summed E-state index contributed by atoms with van der Waals surface area (Å²) in [5.74, 6) is 0.258. The van der Waals surface area contributed by atoms with Gasteiger partial charge < -0.3 is 25.3 Å². The Balaban J connectivity index is 1.73. The smallest absolute Gasteiger partial charge is 0.255 e. The SMILES string of the molecule is C=CC(=O)N1C[C@H](Nc2cnc3[nH]cc(C(=O)NCCOC)c3n2)C[C@H]1C. The van der Waals surface area contributed by atoms with E-state index in [1.807, 2.05) is 6.92 Å². The number of methoxy groups -OCH3 is 1. The molecule has 2 amide bonds. The van der Waals surface area contributed by atoms with Gasteiger partial charge in [-0.15, -0.1) is 0 Å². The van der Waals surface area contributed by atoms with Gasteiger partial charge in [-0.1, -0.05) is 6.58 Å². The molecule has 0 unspecified atom stereocenters. The summed E-state index contributed by atoms with van der Waals surface area (Å²) in [5, 5.41) is 6.09. The van der Waals surface area contributed by atoms with Crippen LogP contribution in [-0.2, 0) is 9.53 Å². The van der Waals surface area contributed by atoms with Gasteiger partial charge in [0.1, 0.15) is 11.3 Å². The molecule has 1 fully saturated rings. The average Bonchev–Trinajstić information content (AvgIpc) is 3.24. The average molecular weight is 372 g/mol. The van der Waals surface area contributed by atoms with Crippen LogP contribution in [-0.4, -0.2) is 70.6 Å². The zero-order valence-electron chi connectivity index (χ0n) is 15.5. The van der Waals surface area contributed by atoms with Crippen molar-refractivity contribution < 1.29 is 14.3 Å². The Hall–Kier alpha value is -2.94. The molecule has 144 valence electrons. The van der Waals surface area contributed by atoms with Crippen LogP contribution in [0.15, 0.2) is 25.0 Å². The molecule has 2 aromatic heterocycles. The Morgan fingerprint density at radius 1 is 1.52 bits per heavy atom. The van der Waals surface area contributed by atoms with Crippen LogP contribution < -0.4 is 10.6 Å². The van der Waals surface area contributed by atoms with Gasteiger partial charge >= 0.3 is 0 Å². The molecule has 2 aromatic rings. The Bertz CT molecular complexity index is 849. The van der Waals surface area contributed by atoms with E-state index in [1.165, 1.54) is 6.08 Å². The first-order valence-electron chi connectivity index (χ1n) is 8.84. The molecule has 1 aliphatic rings. The van der Waals surface area contributed by atoms with Gasteiger partial charge in [0.25, 0.3) is 5.91 Å². The summed E-state index contributed by atoms with van der Waals surface area (Å²) in [5.41, 5.74) is 1.47. The van der Waals surface area contributed by atoms with Crippen LogP contribution in [0.4, 0.5) is 5.82 Å². The van der Waals surface area contributed by atoms with Gasteiger partial charge in [0, 0.05) is 38.5 Å². The van der Waals surface area contributed by atoms with Crippen molar-refractivity contribution in [1.29, 1.82) is 0 Å². The number of nitrogens with one attached hydrogen (secondary N) is 3. The minimum absolute atomic E-state index is 0.0635. The van der Waals surface area contributed by atoms with E-state index >= 15 is 0 Å². The number of aromatic nitrogens is 3. The summed E-state index contributed by atoms with van der Waals surface area (Å²) in [6, 6.07) is 0.188. The minimum Gasteiger partial charge on any atom is -0.383 e. The van der Waals surface area contributed by atoms with E-state index in [1.54, 1.807) is 24.4 Å². The molecule has 0 spiro atoms. The lowest BCUT2D eigenvalue weighted by Crippen LogP contribution is -2.33. The van der Waals surface area contributed by atoms with Crippen LogP contribution in [0.25, 0.3) is 11.2 Å². The van der Waals surface area contributed by atoms with Crippen molar-refractivity contribution in [3.05, 3.63) is 30.6 Å². The molecule has 0 aromatic carbocycles. The summed E-state index contributed by atoms with van der Waals surface area (Å²) >= 11 is 0. The Morgan fingerprint density at radius 2 is 2.33 bits per heavy atom. The van der Waals surface area contributed by atoms with Crippen LogP contribution in [0.1, 0.15) is 23.7 Å². The highest BCUT2D eigenvalue weighted by atomic mass is 16.5.